The minimum Gasteiger partial charge on any atom is -0.340 e. The molecule has 0 aromatic heterocycles. The molecule has 2 rings (SSSR count). The Labute approximate surface area is 130 Å². The molecule has 2 N–H and O–H groups in total. The van der Waals surface area contributed by atoms with Crippen LogP contribution in [-0.4, -0.2) is 29.9 Å². The third-order valence-electron chi connectivity index (χ3n) is 5.30. The molecule has 3 nitrogen and oxygen atoms in total. The summed E-state index contributed by atoms with van der Waals surface area (Å²) < 4.78 is 0. The van der Waals surface area contributed by atoms with Gasteiger partial charge in [0.25, 0.3) is 0 Å². The molecule has 0 unspecified atom stereocenters. The Bertz CT molecular complexity index is 297. The Morgan fingerprint density at radius 3 is 2.25 bits per heavy atom. The smallest absolute Gasteiger partial charge is 0.223 e. The summed E-state index contributed by atoms with van der Waals surface area (Å²) >= 11 is 0. The van der Waals surface area contributed by atoms with Gasteiger partial charge in [-0.15, -0.1) is 12.4 Å². The fourth-order valence-corrected chi connectivity index (χ4v) is 4.03. The van der Waals surface area contributed by atoms with Gasteiger partial charge in [0, 0.05) is 19.0 Å². The predicted octanol–water partition coefficient (Wildman–Crippen LogP) is 3.50. The Morgan fingerprint density at radius 2 is 1.75 bits per heavy atom. The Hall–Kier alpha value is -0.280. The van der Waals surface area contributed by atoms with Crippen LogP contribution in [0.1, 0.15) is 71.1 Å². The maximum absolute atomic E-state index is 12.7. The lowest BCUT2D eigenvalue weighted by Crippen LogP contribution is -2.44. The van der Waals surface area contributed by atoms with E-state index >= 15 is 0 Å². The SMILES string of the molecule is CCN(C(=O)CC1(CN)CCCCC1)C1CCCC1.Cl. The first-order valence-corrected chi connectivity index (χ1v) is 8.20. The summed E-state index contributed by atoms with van der Waals surface area (Å²) in [6.45, 7) is 3.66. The molecule has 0 bridgehead atoms. The zero-order valence-corrected chi connectivity index (χ0v) is 13.7. The van der Waals surface area contributed by atoms with E-state index in [2.05, 4.69) is 11.8 Å². The molecule has 2 aliphatic carbocycles. The minimum absolute atomic E-state index is 0. The highest BCUT2D eigenvalue weighted by atomic mass is 35.5. The van der Waals surface area contributed by atoms with Gasteiger partial charge in [0.1, 0.15) is 0 Å². The lowest BCUT2D eigenvalue weighted by molar-refractivity contribution is -0.136. The van der Waals surface area contributed by atoms with Crippen LogP contribution in [0.2, 0.25) is 0 Å². The normalized spacial score (nSPS) is 22.3. The zero-order chi connectivity index (χ0) is 13.7. The number of carbonyl (C=O) groups excluding carboxylic acids is 1. The quantitative estimate of drug-likeness (QED) is 0.845. The summed E-state index contributed by atoms with van der Waals surface area (Å²) in [5.74, 6) is 0.363. The highest BCUT2D eigenvalue weighted by Crippen LogP contribution is 2.39. The maximum atomic E-state index is 12.7. The molecule has 2 aliphatic rings. The summed E-state index contributed by atoms with van der Waals surface area (Å²) in [4.78, 5) is 14.8. The first-order chi connectivity index (χ1) is 9.21. The van der Waals surface area contributed by atoms with Crippen molar-refractivity contribution in [2.75, 3.05) is 13.1 Å². The van der Waals surface area contributed by atoms with E-state index in [1.165, 1.54) is 44.9 Å². The minimum atomic E-state index is 0. The van der Waals surface area contributed by atoms with Crippen molar-refractivity contribution in [1.29, 1.82) is 0 Å². The molecule has 118 valence electrons. The first-order valence-electron chi connectivity index (χ1n) is 8.20. The lowest BCUT2D eigenvalue weighted by Gasteiger charge is -2.38. The molecule has 0 spiro atoms. The molecule has 1 amide bonds. The topological polar surface area (TPSA) is 46.3 Å². The van der Waals surface area contributed by atoms with Gasteiger partial charge in [-0.3, -0.25) is 4.79 Å². The molecule has 0 atom stereocenters. The molecule has 4 heteroatoms. The van der Waals surface area contributed by atoms with Crippen molar-refractivity contribution in [3.8, 4) is 0 Å². The summed E-state index contributed by atoms with van der Waals surface area (Å²) in [7, 11) is 0. The Balaban J connectivity index is 0.00000200. The first kappa shape index (κ1) is 17.8. The number of carbonyl (C=O) groups is 1. The Morgan fingerprint density at radius 1 is 1.15 bits per heavy atom. The van der Waals surface area contributed by atoms with Gasteiger partial charge in [-0.05, 0) is 44.6 Å². The average Bonchev–Trinajstić information content (AvgIpc) is 2.94. The molecule has 2 saturated carbocycles. The number of hydrogen-bond acceptors (Lipinski definition) is 2. The second kappa shape index (κ2) is 8.23. The summed E-state index contributed by atoms with van der Waals surface area (Å²) in [6, 6.07) is 0.510. The number of amides is 1. The molecule has 0 aromatic rings. The summed E-state index contributed by atoms with van der Waals surface area (Å²) in [6.07, 6.45) is 11.8. The fourth-order valence-electron chi connectivity index (χ4n) is 4.03. The van der Waals surface area contributed by atoms with Crippen molar-refractivity contribution in [3.05, 3.63) is 0 Å². The molecule has 0 heterocycles. The van der Waals surface area contributed by atoms with E-state index in [4.69, 9.17) is 5.73 Å². The van der Waals surface area contributed by atoms with Gasteiger partial charge in [-0.2, -0.15) is 0 Å². The third-order valence-corrected chi connectivity index (χ3v) is 5.30. The van der Waals surface area contributed by atoms with E-state index in [9.17, 15) is 4.79 Å². The van der Waals surface area contributed by atoms with E-state index in [0.29, 0.717) is 24.9 Å². The van der Waals surface area contributed by atoms with Crippen LogP contribution >= 0.6 is 12.4 Å². The van der Waals surface area contributed by atoms with Crippen LogP contribution in [0, 0.1) is 5.41 Å². The van der Waals surface area contributed by atoms with Crippen LogP contribution in [0.5, 0.6) is 0 Å². The van der Waals surface area contributed by atoms with Crippen LogP contribution < -0.4 is 5.73 Å². The average molecular weight is 303 g/mol. The fraction of sp³-hybridized carbons (Fsp3) is 0.938. The van der Waals surface area contributed by atoms with Gasteiger partial charge in [-0.1, -0.05) is 32.1 Å². The molecular formula is C16H31ClN2O. The number of nitrogens with zero attached hydrogens (tertiary/aromatic N) is 1. The van der Waals surface area contributed by atoms with Crippen molar-refractivity contribution >= 4 is 18.3 Å². The summed E-state index contributed by atoms with van der Waals surface area (Å²) in [5, 5.41) is 0. The second-order valence-corrected chi connectivity index (χ2v) is 6.56. The van der Waals surface area contributed by atoms with Crippen molar-refractivity contribution < 1.29 is 4.79 Å². The molecule has 0 aliphatic heterocycles. The molecule has 0 aromatic carbocycles. The lowest BCUT2D eigenvalue weighted by atomic mass is 9.71. The van der Waals surface area contributed by atoms with Crippen LogP contribution in [0.25, 0.3) is 0 Å². The number of rotatable bonds is 5. The number of hydrogen-bond donors (Lipinski definition) is 1. The molecule has 0 radical (unpaired) electrons. The van der Waals surface area contributed by atoms with Crippen LogP contribution in [-0.2, 0) is 4.79 Å². The predicted molar refractivity (Wildman–Crippen MR) is 86.1 cm³/mol. The van der Waals surface area contributed by atoms with E-state index in [1.807, 2.05) is 0 Å². The second-order valence-electron chi connectivity index (χ2n) is 6.56. The molecule has 20 heavy (non-hydrogen) atoms. The van der Waals surface area contributed by atoms with Crippen LogP contribution in [0.15, 0.2) is 0 Å². The van der Waals surface area contributed by atoms with Gasteiger partial charge >= 0.3 is 0 Å². The van der Waals surface area contributed by atoms with Gasteiger partial charge in [0.15, 0.2) is 0 Å². The van der Waals surface area contributed by atoms with Crippen LogP contribution in [0.4, 0.5) is 0 Å². The number of nitrogens with two attached hydrogens (primary N) is 1. The summed E-state index contributed by atoms with van der Waals surface area (Å²) in [5.41, 5.74) is 6.12. The molecular weight excluding hydrogens is 272 g/mol. The maximum Gasteiger partial charge on any atom is 0.223 e. The van der Waals surface area contributed by atoms with E-state index in [1.54, 1.807) is 0 Å². The molecule has 2 fully saturated rings. The van der Waals surface area contributed by atoms with Crippen LogP contribution in [0.3, 0.4) is 0 Å². The zero-order valence-electron chi connectivity index (χ0n) is 12.9. The van der Waals surface area contributed by atoms with Crippen molar-refractivity contribution in [2.24, 2.45) is 11.1 Å². The van der Waals surface area contributed by atoms with Crippen molar-refractivity contribution in [2.45, 2.75) is 77.2 Å². The third kappa shape index (κ3) is 4.11. The number of halogens is 1. The largest absolute Gasteiger partial charge is 0.340 e. The van der Waals surface area contributed by atoms with Gasteiger partial charge in [0.05, 0.1) is 0 Å². The monoisotopic (exact) mass is 302 g/mol. The standard InChI is InChI=1S/C16H30N2O.ClH/c1-2-18(14-8-4-5-9-14)15(19)12-16(13-17)10-6-3-7-11-16;/h14H,2-13,17H2,1H3;1H. The Kier molecular flexibility index (Phi) is 7.32. The van der Waals surface area contributed by atoms with E-state index < -0.39 is 0 Å². The highest BCUT2D eigenvalue weighted by molar-refractivity contribution is 5.85. The van der Waals surface area contributed by atoms with Gasteiger partial charge < -0.3 is 10.6 Å². The van der Waals surface area contributed by atoms with Gasteiger partial charge in [0.2, 0.25) is 5.91 Å². The van der Waals surface area contributed by atoms with Crippen molar-refractivity contribution in [1.82, 2.24) is 4.90 Å². The van der Waals surface area contributed by atoms with E-state index in [0.717, 1.165) is 19.4 Å². The van der Waals surface area contributed by atoms with Crippen molar-refractivity contribution in [3.63, 3.8) is 0 Å². The van der Waals surface area contributed by atoms with E-state index in [-0.39, 0.29) is 17.8 Å². The van der Waals surface area contributed by atoms with Gasteiger partial charge in [-0.25, -0.2) is 0 Å². The molecule has 0 saturated heterocycles. The highest BCUT2D eigenvalue weighted by Gasteiger charge is 2.35.